The molecule has 6 nitrogen and oxygen atoms in total. The molecule has 3 aromatic rings. The number of rotatable bonds is 7. The summed E-state index contributed by atoms with van der Waals surface area (Å²) in [7, 11) is 0. The minimum absolute atomic E-state index is 0.157. The van der Waals surface area contributed by atoms with Crippen molar-refractivity contribution in [2.45, 2.75) is 40.2 Å². The number of hydrogen-bond acceptors (Lipinski definition) is 4. The summed E-state index contributed by atoms with van der Waals surface area (Å²) in [5, 5.41) is 7.01. The van der Waals surface area contributed by atoms with Crippen molar-refractivity contribution < 1.29 is 14.3 Å². The van der Waals surface area contributed by atoms with E-state index < -0.39 is 0 Å². The van der Waals surface area contributed by atoms with Crippen molar-refractivity contribution in [3.8, 4) is 5.00 Å². The number of esters is 1. The Kier molecular flexibility index (Phi) is 6.95. The zero-order chi connectivity index (χ0) is 21.7. The van der Waals surface area contributed by atoms with E-state index in [4.69, 9.17) is 4.74 Å². The first kappa shape index (κ1) is 21.6. The van der Waals surface area contributed by atoms with Gasteiger partial charge in [-0.15, -0.1) is 11.3 Å². The Labute approximate surface area is 180 Å². The number of nitrogens with one attached hydrogen (secondary N) is 2. The van der Waals surface area contributed by atoms with Crippen molar-refractivity contribution in [3.63, 3.8) is 0 Å². The molecule has 1 unspecified atom stereocenters. The lowest BCUT2D eigenvalue weighted by molar-refractivity contribution is -0.142. The maximum Gasteiger partial charge on any atom is 0.319 e. The first-order chi connectivity index (χ1) is 14.4. The molecule has 0 saturated heterocycles. The number of nitrogens with zero attached hydrogens (tertiary/aromatic N) is 1. The molecule has 0 bridgehead atoms. The zero-order valence-electron chi connectivity index (χ0n) is 17.7. The van der Waals surface area contributed by atoms with Crippen molar-refractivity contribution in [1.82, 2.24) is 9.88 Å². The third-order valence-electron chi connectivity index (χ3n) is 4.90. The Morgan fingerprint density at radius 3 is 2.43 bits per heavy atom. The van der Waals surface area contributed by atoms with Crippen LogP contribution in [0, 0.1) is 13.8 Å². The van der Waals surface area contributed by atoms with Crippen LogP contribution < -0.4 is 10.6 Å². The molecule has 3 rings (SSSR count). The molecular formula is C23H27N3O3S. The lowest BCUT2D eigenvalue weighted by atomic mass is 10.1. The van der Waals surface area contributed by atoms with Crippen molar-refractivity contribution in [1.29, 1.82) is 0 Å². The molecule has 30 heavy (non-hydrogen) atoms. The molecule has 0 aliphatic rings. The predicted octanol–water partition coefficient (Wildman–Crippen LogP) is 5.14. The molecule has 0 aliphatic carbocycles. The van der Waals surface area contributed by atoms with Gasteiger partial charge >= 0.3 is 12.0 Å². The first-order valence-electron chi connectivity index (χ1n) is 9.94. The number of carbonyl (C=O) groups is 2. The van der Waals surface area contributed by atoms with Gasteiger partial charge in [-0.25, -0.2) is 4.79 Å². The molecule has 0 radical (unpaired) electrons. The third-order valence-corrected chi connectivity index (χ3v) is 6.13. The van der Waals surface area contributed by atoms with Crippen molar-refractivity contribution in [2.75, 3.05) is 11.9 Å². The smallest absolute Gasteiger partial charge is 0.319 e. The normalized spacial score (nSPS) is 11.7. The Bertz CT molecular complexity index is 1010. The molecular weight excluding hydrogens is 398 g/mol. The van der Waals surface area contributed by atoms with Crippen LogP contribution in [0.4, 0.5) is 10.5 Å². The van der Waals surface area contributed by atoms with Gasteiger partial charge in [0.2, 0.25) is 0 Å². The lowest BCUT2D eigenvalue weighted by Crippen LogP contribution is -2.31. The van der Waals surface area contributed by atoms with Crippen molar-refractivity contribution in [2.24, 2.45) is 0 Å². The Balaban J connectivity index is 1.65. The summed E-state index contributed by atoms with van der Waals surface area (Å²) < 4.78 is 7.04. The Morgan fingerprint density at radius 2 is 1.80 bits per heavy atom. The average Bonchev–Trinajstić information content (AvgIpc) is 3.32. The van der Waals surface area contributed by atoms with Crippen LogP contribution in [0.3, 0.4) is 0 Å². The van der Waals surface area contributed by atoms with E-state index >= 15 is 0 Å². The number of urea groups is 1. The Hall–Kier alpha value is -3.06. The average molecular weight is 426 g/mol. The Morgan fingerprint density at radius 1 is 1.13 bits per heavy atom. The number of carbonyl (C=O) groups excluding carboxylic acids is 2. The van der Waals surface area contributed by atoms with Gasteiger partial charge in [0.15, 0.2) is 0 Å². The minimum Gasteiger partial charge on any atom is -0.466 e. The number of anilines is 1. The molecule has 2 heterocycles. The number of ether oxygens (including phenoxy) is 1. The second kappa shape index (κ2) is 9.63. The van der Waals surface area contributed by atoms with Crippen LogP contribution in [0.5, 0.6) is 0 Å². The van der Waals surface area contributed by atoms with Crippen LogP contribution >= 0.6 is 11.3 Å². The van der Waals surface area contributed by atoms with Gasteiger partial charge in [-0.2, -0.15) is 0 Å². The highest BCUT2D eigenvalue weighted by atomic mass is 32.1. The van der Waals surface area contributed by atoms with Crippen LogP contribution in [-0.2, 0) is 16.0 Å². The summed E-state index contributed by atoms with van der Waals surface area (Å²) in [6, 6.07) is 10.7. The van der Waals surface area contributed by atoms with E-state index in [0.29, 0.717) is 12.3 Å². The highest BCUT2D eigenvalue weighted by molar-refractivity contribution is 7.14. The molecule has 1 atom stereocenters. The van der Waals surface area contributed by atoms with Gasteiger partial charge in [-0.3, -0.25) is 4.79 Å². The van der Waals surface area contributed by atoms with Crippen LogP contribution in [0.2, 0.25) is 0 Å². The highest BCUT2D eigenvalue weighted by Crippen LogP contribution is 2.35. The zero-order valence-corrected chi connectivity index (χ0v) is 18.5. The van der Waals surface area contributed by atoms with Gasteiger partial charge in [0.05, 0.1) is 19.1 Å². The standard InChI is InChI=1S/C23H27N3O3S/c1-5-29-20(27)14-18-8-10-19(11-9-18)25-23(28)24-16(3)21-15(2)17(4)30-22(21)26-12-6-7-13-26/h6-13,16H,5,14H2,1-4H3,(H2,24,25,28). The lowest BCUT2D eigenvalue weighted by Gasteiger charge is -2.17. The minimum atomic E-state index is -0.276. The third kappa shape index (κ3) is 5.10. The van der Waals surface area contributed by atoms with Gasteiger partial charge in [-0.05, 0) is 63.1 Å². The van der Waals surface area contributed by atoms with Crippen LogP contribution in [-0.4, -0.2) is 23.2 Å². The molecule has 0 fully saturated rings. The number of amides is 2. The molecule has 0 saturated carbocycles. The molecule has 0 aliphatic heterocycles. The van der Waals surface area contributed by atoms with Crippen LogP contribution in [0.25, 0.3) is 5.00 Å². The van der Waals surface area contributed by atoms with Gasteiger partial charge in [0.1, 0.15) is 5.00 Å². The van der Waals surface area contributed by atoms with Gasteiger partial charge in [-0.1, -0.05) is 12.1 Å². The fourth-order valence-electron chi connectivity index (χ4n) is 3.32. The summed E-state index contributed by atoms with van der Waals surface area (Å²) in [5.74, 6) is -0.260. The first-order valence-corrected chi connectivity index (χ1v) is 10.8. The van der Waals surface area contributed by atoms with Gasteiger partial charge in [0.25, 0.3) is 0 Å². The van der Waals surface area contributed by atoms with E-state index in [0.717, 1.165) is 16.1 Å². The second-order valence-corrected chi connectivity index (χ2v) is 8.29. The quantitative estimate of drug-likeness (QED) is 0.515. The van der Waals surface area contributed by atoms with Crippen molar-refractivity contribution in [3.05, 3.63) is 70.4 Å². The largest absolute Gasteiger partial charge is 0.466 e. The monoisotopic (exact) mass is 425 g/mol. The van der Waals surface area contributed by atoms with Gasteiger partial charge in [0, 0.05) is 28.5 Å². The number of hydrogen-bond donors (Lipinski definition) is 2. The number of aromatic nitrogens is 1. The molecule has 7 heteroatoms. The molecule has 1 aromatic carbocycles. The van der Waals surface area contributed by atoms with E-state index in [1.54, 1.807) is 30.4 Å². The summed E-state index contributed by atoms with van der Waals surface area (Å²) in [5.41, 5.74) is 3.82. The predicted molar refractivity (Wildman–Crippen MR) is 120 cm³/mol. The summed E-state index contributed by atoms with van der Waals surface area (Å²) >= 11 is 1.72. The molecule has 158 valence electrons. The van der Waals surface area contributed by atoms with Crippen LogP contribution in [0.15, 0.2) is 48.8 Å². The SMILES string of the molecule is CCOC(=O)Cc1ccc(NC(=O)NC(C)c2c(-n3cccc3)sc(C)c2C)cc1. The number of aryl methyl sites for hydroxylation is 1. The van der Waals surface area contributed by atoms with Gasteiger partial charge < -0.3 is 19.9 Å². The van der Waals surface area contributed by atoms with E-state index in [2.05, 4.69) is 29.0 Å². The van der Waals surface area contributed by atoms with E-state index in [1.165, 1.54) is 10.4 Å². The maximum atomic E-state index is 12.6. The second-order valence-electron chi connectivity index (χ2n) is 7.09. The fourth-order valence-corrected chi connectivity index (χ4v) is 4.54. The summed E-state index contributed by atoms with van der Waals surface area (Å²) in [6.45, 7) is 8.33. The van der Waals surface area contributed by atoms with E-state index in [1.807, 2.05) is 43.6 Å². The topological polar surface area (TPSA) is 72.4 Å². The molecule has 2 N–H and O–H groups in total. The van der Waals surface area contributed by atoms with E-state index in [9.17, 15) is 9.59 Å². The highest BCUT2D eigenvalue weighted by Gasteiger charge is 2.21. The molecule has 2 amide bonds. The van der Waals surface area contributed by atoms with E-state index in [-0.39, 0.29) is 24.5 Å². The number of thiophene rings is 1. The molecule has 0 spiro atoms. The maximum absolute atomic E-state index is 12.6. The summed E-state index contributed by atoms with van der Waals surface area (Å²) in [4.78, 5) is 25.4. The fraction of sp³-hybridized carbons (Fsp3) is 0.304. The molecule has 2 aromatic heterocycles. The number of benzene rings is 1. The van der Waals surface area contributed by atoms with Crippen LogP contribution in [0.1, 0.15) is 41.5 Å². The summed E-state index contributed by atoms with van der Waals surface area (Å²) in [6.07, 6.45) is 4.24. The van der Waals surface area contributed by atoms with Crippen molar-refractivity contribution >= 4 is 29.0 Å².